The summed E-state index contributed by atoms with van der Waals surface area (Å²) in [7, 11) is 0. The van der Waals surface area contributed by atoms with Gasteiger partial charge in [0.15, 0.2) is 5.75 Å². The summed E-state index contributed by atoms with van der Waals surface area (Å²) >= 11 is 4.97. The van der Waals surface area contributed by atoms with Crippen LogP contribution in [0.1, 0.15) is 0 Å². The minimum atomic E-state index is -0.455. The molecule has 18 heavy (non-hydrogen) atoms. The van der Waals surface area contributed by atoms with Crippen LogP contribution in [0, 0.1) is 15.2 Å². The molecule has 0 unspecified atom stereocenters. The minimum Gasteiger partial charge on any atom is -0.455 e. The van der Waals surface area contributed by atoms with Crippen LogP contribution in [0.3, 0.4) is 0 Å². The first-order valence-corrected chi connectivity index (χ1v) is 6.71. The van der Waals surface area contributed by atoms with Gasteiger partial charge in [-0.25, -0.2) is 8.78 Å². The molecule has 0 spiro atoms. The molecule has 0 aliphatic rings. The fraction of sp³-hybridized carbons (Fsp3) is 0. The fourth-order valence-corrected chi connectivity index (χ4v) is 2.28. The highest BCUT2D eigenvalue weighted by Gasteiger charge is 2.09. The molecule has 0 radical (unpaired) electrons. The van der Waals surface area contributed by atoms with E-state index in [1.807, 2.05) is 22.6 Å². The highest BCUT2D eigenvalue weighted by atomic mass is 127. The van der Waals surface area contributed by atoms with Crippen LogP contribution in [0.25, 0.3) is 0 Å². The lowest BCUT2D eigenvalue weighted by molar-refractivity contribution is 0.472. The highest BCUT2D eigenvalue weighted by molar-refractivity contribution is 14.1. The minimum absolute atomic E-state index is 0.158. The summed E-state index contributed by atoms with van der Waals surface area (Å²) in [6, 6.07) is 6.69. The van der Waals surface area contributed by atoms with Gasteiger partial charge >= 0.3 is 0 Å². The number of rotatable bonds is 2. The van der Waals surface area contributed by atoms with Gasteiger partial charge in [-0.15, -0.1) is 0 Å². The van der Waals surface area contributed by atoms with E-state index in [1.54, 1.807) is 6.07 Å². The van der Waals surface area contributed by atoms with Gasteiger partial charge < -0.3 is 10.5 Å². The Morgan fingerprint density at radius 3 is 2.50 bits per heavy atom. The number of ether oxygens (including phenoxy) is 1. The molecule has 2 aromatic carbocycles. The summed E-state index contributed by atoms with van der Waals surface area (Å²) in [5, 5.41) is 0. The van der Waals surface area contributed by atoms with Crippen molar-refractivity contribution in [2.75, 3.05) is 5.73 Å². The van der Waals surface area contributed by atoms with Crippen molar-refractivity contribution in [3.05, 3.63) is 50.0 Å². The van der Waals surface area contributed by atoms with E-state index in [9.17, 15) is 8.78 Å². The van der Waals surface area contributed by atoms with Crippen LogP contribution in [0.5, 0.6) is 11.5 Å². The summed E-state index contributed by atoms with van der Waals surface area (Å²) < 4.78 is 32.9. The Labute approximate surface area is 124 Å². The molecule has 0 atom stereocenters. The molecule has 2 aromatic rings. The smallest absolute Gasteiger partial charge is 0.153 e. The van der Waals surface area contributed by atoms with Crippen molar-refractivity contribution in [3.63, 3.8) is 0 Å². The third kappa shape index (κ3) is 3.11. The predicted molar refractivity (Wildman–Crippen MR) is 77.7 cm³/mol. The first-order valence-electron chi connectivity index (χ1n) is 4.84. The van der Waals surface area contributed by atoms with Gasteiger partial charge in [0.2, 0.25) is 0 Å². The van der Waals surface area contributed by atoms with Gasteiger partial charge in [-0.1, -0.05) is 15.9 Å². The second-order valence-electron chi connectivity index (χ2n) is 3.51. The van der Waals surface area contributed by atoms with E-state index in [4.69, 9.17) is 10.5 Å². The molecule has 2 nitrogen and oxygen atoms in total. The van der Waals surface area contributed by atoms with Crippen LogP contribution in [-0.2, 0) is 0 Å². The molecule has 0 amide bonds. The zero-order chi connectivity index (χ0) is 13.3. The number of hydrogen-bond donors (Lipinski definition) is 1. The molecular weight excluding hydrogens is 419 g/mol. The Morgan fingerprint density at radius 1 is 1.11 bits per heavy atom. The van der Waals surface area contributed by atoms with Crippen LogP contribution >= 0.6 is 38.5 Å². The normalized spacial score (nSPS) is 10.4. The summed E-state index contributed by atoms with van der Waals surface area (Å²) in [5.74, 6) is -0.487. The Hall–Kier alpha value is -0.890. The largest absolute Gasteiger partial charge is 0.455 e. The van der Waals surface area contributed by atoms with Gasteiger partial charge in [0, 0.05) is 16.6 Å². The lowest BCUT2D eigenvalue weighted by Crippen LogP contribution is -1.95. The third-order valence-electron chi connectivity index (χ3n) is 2.12. The zero-order valence-corrected chi connectivity index (χ0v) is 12.6. The Bertz CT molecular complexity index is 587. The second-order valence-corrected chi connectivity index (χ2v) is 5.59. The van der Waals surface area contributed by atoms with E-state index in [1.165, 1.54) is 24.3 Å². The quantitative estimate of drug-likeness (QED) is 0.558. The molecule has 0 heterocycles. The van der Waals surface area contributed by atoms with Gasteiger partial charge in [-0.05, 0) is 40.8 Å². The maximum atomic E-state index is 13.4. The van der Waals surface area contributed by atoms with Crippen LogP contribution in [-0.4, -0.2) is 0 Å². The molecule has 0 fully saturated rings. The molecule has 0 saturated heterocycles. The summed E-state index contributed by atoms with van der Waals surface area (Å²) in [6.07, 6.45) is 0. The van der Waals surface area contributed by atoms with E-state index in [0.29, 0.717) is 13.7 Å². The van der Waals surface area contributed by atoms with Gasteiger partial charge in [0.25, 0.3) is 0 Å². The van der Waals surface area contributed by atoms with Gasteiger partial charge in [-0.3, -0.25) is 0 Å². The fourth-order valence-electron chi connectivity index (χ4n) is 1.35. The average Bonchev–Trinajstić information content (AvgIpc) is 2.24. The molecule has 0 aliphatic heterocycles. The van der Waals surface area contributed by atoms with Gasteiger partial charge in [0.05, 0.1) is 9.26 Å². The van der Waals surface area contributed by atoms with E-state index in [2.05, 4.69) is 15.9 Å². The van der Waals surface area contributed by atoms with Crippen LogP contribution < -0.4 is 10.5 Å². The first-order chi connectivity index (χ1) is 8.45. The Morgan fingerprint density at radius 2 is 1.83 bits per heavy atom. The predicted octanol–water partition coefficient (Wildman–Crippen LogP) is 4.71. The van der Waals surface area contributed by atoms with Crippen LogP contribution in [0.15, 0.2) is 34.8 Å². The SMILES string of the molecule is Nc1cc(I)c(F)cc1Oc1cc(F)cc(Br)c1. The number of halogens is 4. The van der Waals surface area contributed by atoms with Gasteiger partial charge in [-0.2, -0.15) is 0 Å². The number of nitrogen functional groups attached to an aromatic ring is 1. The Kier molecular flexibility index (Phi) is 4.06. The van der Waals surface area contributed by atoms with Crippen molar-refractivity contribution in [3.8, 4) is 11.5 Å². The van der Waals surface area contributed by atoms with Crippen molar-refractivity contribution < 1.29 is 13.5 Å². The number of nitrogens with two attached hydrogens (primary N) is 1. The van der Waals surface area contributed by atoms with Crippen LogP contribution in [0.2, 0.25) is 0 Å². The molecule has 94 valence electrons. The Balaban J connectivity index is 2.36. The molecule has 6 heteroatoms. The second kappa shape index (κ2) is 5.40. The van der Waals surface area contributed by atoms with Crippen molar-refractivity contribution in [1.29, 1.82) is 0 Å². The zero-order valence-electron chi connectivity index (χ0n) is 8.88. The van der Waals surface area contributed by atoms with E-state index in [0.717, 1.165) is 0 Å². The van der Waals surface area contributed by atoms with Gasteiger partial charge in [0.1, 0.15) is 17.4 Å². The van der Waals surface area contributed by atoms with Crippen molar-refractivity contribution in [2.24, 2.45) is 0 Å². The molecule has 2 N–H and O–H groups in total. The number of anilines is 1. The maximum absolute atomic E-state index is 13.4. The molecule has 0 aliphatic carbocycles. The van der Waals surface area contributed by atoms with Crippen molar-refractivity contribution >= 4 is 44.2 Å². The summed E-state index contributed by atoms with van der Waals surface area (Å²) in [5.41, 5.74) is 6.01. The highest BCUT2D eigenvalue weighted by Crippen LogP contribution is 2.32. The monoisotopic (exact) mass is 425 g/mol. The summed E-state index contributed by atoms with van der Waals surface area (Å²) in [4.78, 5) is 0. The van der Waals surface area contributed by atoms with Crippen molar-refractivity contribution in [1.82, 2.24) is 0 Å². The number of benzene rings is 2. The van der Waals surface area contributed by atoms with E-state index < -0.39 is 11.6 Å². The lowest BCUT2D eigenvalue weighted by atomic mass is 10.3. The molecule has 2 rings (SSSR count). The first kappa shape index (κ1) is 13.5. The lowest BCUT2D eigenvalue weighted by Gasteiger charge is -2.10. The number of hydrogen-bond acceptors (Lipinski definition) is 2. The van der Waals surface area contributed by atoms with Crippen LogP contribution in [0.4, 0.5) is 14.5 Å². The van der Waals surface area contributed by atoms with E-state index in [-0.39, 0.29) is 11.5 Å². The topological polar surface area (TPSA) is 35.2 Å². The molecule has 0 aromatic heterocycles. The average molecular weight is 426 g/mol. The molecular formula is C12H7BrF2INO. The van der Waals surface area contributed by atoms with E-state index >= 15 is 0 Å². The summed E-state index contributed by atoms with van der Waals surface area (Å²) in [6.45, 7) is 0. The van der Waals surface area contributed by atoms with Crippen molar-refractivity contribution in [2.45, 2.75) is 0 Å². The molecule has 0 bridgehead atoms. The maximum Gasteiger partial charge on any atom is 0.153 e. The third-order valence-corrected chi connectivity index (χ3v) is 3.40. The molecule has 0 saturated carbocycles. The standard InChI is InChI=1S/C12H7BrF2INO/c13-6-1-7(14)3-8(2-6)18-12-4-9(15)10(16)5-11(12)17/h1-5H,17H2.